The van der Waals surface area contributed by atoms with E-state index >= 15 is 0 Å². The normalized spacial score (nSPS) is 23.0. The molecule has 0 amide bonds. The topological polar surface area (TPSA) is 24.1 Å². The van der Waals surface area contributed by atoms with Crippen LogP contribution in [0.4, 0.5) is 0 Å². The molecule has 3 heteroatoms. The Kier molecular flexibility index (Phi) is 4.39. The van der Waals surface area contributed by atoms with Gasteiger partial charge >= 0.3 is 0 Å². The maximum Gasteiger partial charge on any atom is 0.0412 e. The van der Waals surface area contributed by atoms with E-state index in [4.69, 9.17) is 11.6 Å². The van der Waals surface area contributed by atoms with Crippen molar-refractivity contribution in [3.05, 3.63) is 59.1 Å². The lowest BCUT2D eigenvalue weighted by Crippen LogP contribution is -2.30. The predicted molar refractivity (Wildman–Crippen MR) is 97.1 cm³/mol. The lowest BCUT2D eigenvalue weighted by molar-refractivity contribution is 0.600. The summed E-state index contributed by atoms with van der Waals surface area (Å²) in [6.45, 7) is 2.18. The van der Waals surface area contributed by atoms with Gasteiger partial charge in [0.2, 0.25) is 0 Å². The maximum atomic E-state index is 6.08. The van der Waals surface area contributed by atoms with Gasteiger partial charge in [-0.25, -0.2) is 0 Å². The molecule has 2 aromatic carbocycles. The second-order valence-corrected chi connectivity index (χ2v) is 7.20. The summed E-state index contributed by atoms with van der Waals surface area (Å²) in [5.41, 5.74) is 3.86. The molecule has 23 heavy (non-hydrogen) atoms. The minimum atomic E-state index is 0.660. The van der Waals surface area contributed by atoms with E-state index in [0.717, 1.165) is 24.2 Å². The van der Waals surface area contributed by atoms with Gasteiger partial charge < -0.3 is 10.6 Å². The van der Waals surface area contributed by atoms with Crippen LogP contribution in [0.3, 0.4) is 0 Å². The van der Waals surface area contributed by atoms with Gasteiger partial charge in [0.15, 0.2) is 0 Å². The van der Waals surface area contributed by atoms with Crippen LogP contribution in [0, 0.1) is 0 Å². The molecule has 2 nitrogen and oxygen atoms in total. The van der Waals surface area contributed by atoms with Gasteiger partial charge in [0, 0.05) is 36.1 Å². The van der Waals surface area contributed by atoms with E-state index in [1.54, 1.807) is 0 Å². The van der Waals surface area contributed by atoms with Crippen LogP contribution in [-0.4, -0.2) is 25.2 Å². The van der Waals surface area contributed by atoms with Crippen LogP contribution in [0.5, 0.6) is 0 Å². The molecule has 0 aliphatic heterocycles. The number of hydrogen-bond donors (Lipinski definition) is 2. The van der Waals surface area contributed by atoms with Gasteiger partial charge in [0.1, 0.15) is 0 Å². The molecular weight excluding hydrogens is 304 g/mol. The number of benzene rings is 2. The first kappa shape index (κ1) is 15.2. The monoisotopic (exact) mass is 326 g/mol. The van der Waals surface area contributed by atoms with Crippen molar-refractivity contribution in [2.24, 2.45) is 0 Å². The third-order valence-electron chi connectivity index (χ3n) is 4.83. The highest BCUT2D eigenvalue weighted by atomic mass is 35.5. The molecule has 0 bridgehead atoms. The molecule has 0 radical (unpaired) electrons. The number of hydrogen-bond acceptors (Lipinski definition) is 2. The minimum Gasteiger partial charge on any atom is -0.313 e. The summed E-state index contributed by atoms with van der Waals surface area (Å²) in [7, 11) is 0. The van der Waals surface area contributed by atoms with E-state index in [9.17, 15) is 0 Å². The molecule has 2 atom stereocenters. The van der Waals surface area contributed by atoms with Crippen molar-refractivity contribution in [1.82, 2.24) is 10.6 Å². The molecule has 2 aromatic rings. The summed E-state index contributed by atoms with van der Waals surface area (Å²) < 4.78 is 0. The van der Waals surface area contributed by atoms with Gasteiger partial charge in [-0.05, 0) is 48.1 Å². The Hall–Kier alpha value is -1.35. The first-order chi connectivity index (χ1) is 11.3. The van der Waals surface area contributed by atoms with Crippen molar-refractivity contribution in [2.75, 3.05) is 13.1 Å². The van der Waals surface area contributed by atoms with Crippen LogP contribution in [0.15, 0.2) is 48.5 Å². The van der Waals surface area contributed by atoms with Crippen molar-refractivity contribution in [3.63, 3.8) is 0 Å². The lowest BCUT2D eigenvalue weighted by Gasteiger charge is -2.07. The quantitative estimate of drug-likeness (QED) is 0.745. The molecule has 2 aliphatic rings. The summed E-state index contributed by atoms with van der Waals surface area (Å²) in [5, 5.41) is 8.00. The van der Waals surface area contributed by atoms with Crippen LogP contribution in [0.1, 0.15) is 30.7 Å². The average Bonchev–Trinajstić information content (AvgIpc) is 3.47. The Bertz CT molecular complexity index is 664. The molecule has 120 valence electrons. The van der Waals surface area contributed by atoms with Crippen molar-refractivity contribution in [3.8, 4) is 11.1 Å². The largest absolute Gasteiger partial charge is 0.313 e. The van der Waals surface area contributed by atoms with Crippen LogP contribution in [0.2, 0.25) is 5.02 Å². The van der Waals surface area contributed by atoms with Gasteiger partial charge in [0.25, 0.3) is 0 Å². The van der Waals surface area contributed by atoms with Crippen LogP contribution < -0.4 is 10.6 Å². The fourth-order valence-corrected chi connectivity index (χ4v) is 3.39. The van der Waals surface area contributed by atoms with Gasteiger partial charge in [-0.15, -0.1) is 0 Å². The second kappa shape index (κ2) is 6.64. The fourth-order valence-electron chi connectivity index (χ4n) is 3.20. The standard InChI is InChI=1S/C20H23ClN2/c21-17-3-1-2-16(12-17)14-4-6-15(7-5-14)19-13-20(19)23-11-10-22-18-8-9-18/h1-7,12,18-20,22-23H,8-11,13H2. The first-order valence-corrected chi connectivity index (χ1v) is 9.00. The number of nitrogens with one attached hydrogen (secondary N) is 2. The number of rotatable bonds is 7. The zero-order valence-corrected chi connectivity index (χ0v) is 14.0. The van der Waals surface area contributed by atoms with E-state index in [1.165, 1.54) is 36.0 Å². The highest BCUT2D eigenvalue weighted by Crippen LogP contribution is 2.41. The molecule has 4 rings (SSSR count). The zero-order valence-electron chi connectivity index (χ0n) is 13.3. The molecule has 0 heterocycles. The Morgan fingerprint density at radius 2 is 1.70 bits per heavy atom. The van der Waals surface area contributed by atoms with E-state index in [2.05, 4.69) is 41.0 Å². The highest BCUT2D eigenvalue weighted by Gasteiger charge is 2.37. The molecule has 2 N–H and O–H groups in total. The van der Waals surface area contributed by atoms with E-state index in [1.807, 2.05) is 18.2 Å². The Balaban J connectivity index is 1.30. The average molecular weight is 327 g/mol. The Labute approximate surface area is 143 Å². The Morgan fingerprint density at radius 1 is 0.913 bits per heavy atom. The van der Waals surface area contributed by atoms with Crippen molar-refractivity contribution >= 4 is 11.6 Å². The fraction of sp³-hybridized carbons (Fsp3) is 0.400. The van der Waals surface area contributed by atoms with Crippen molar-refractivity contribution in [2.45, 2.75) is 37.3 Å². The minimum absolute atomic E-state index is 0.660. The molecule has 0 saturated heterocycles. The highest BCUT2D eigenvalue weighted by molar-refractivity contribution is 6.30. The van der Waals surface area contributed by atoms with Crippen LogP contribution in [-0.2, 0) is 0 Å². The summed E-state index contributed by atoms with van der Waals surface area (Å²) in [6, 6.07) is 18.5. The molecule has 2 fully saturated rings. The van der Waals surface area contributed by atoms with E-state index in [-0.39, 0.29) is 0 Å². The molecule has 0 aromatic heterocycles. The summed E-state index contributed by atoms with van der Waals surface area (Å²) >= 11 is 6.08. The van der Waals surface area contributed by atoms with Crippen LogP contribution >= 0.6 is 11.6 Å². The van der Waals surface area contributed by atoms with Gasteiger partial charge in [-0.3, -0.25) is 0 Å². The SMILES string of the molecule is Clc1cccc(-c2ccc(C3CC3NCCNC3CC3)cc2)c1. The maximum absolute atomic E-state index is 6.08. The van der Waals surface area contributed by atoms with E-state index in [0.29, 0.717) is 12.0 Å². The molecule has 0 spiro atoms. The molecule has 2 unspecified atom stereocenters. The first-order valence-electron chi connectivity index (χ1n) is 8.62. The Morgan fingerprint density at radius 3 is 2.43 bits per heavy atom. The smallest absolute Gasteiger partial charge is 0.0412 e. The van der Waals surface area contributed by atoms with Gasteiger partial charge in [-0.2, -0.15) is 0 Å². The van der Waals surface area contributed by atoms with Gasteiger partial charge in [-0.1, -0.05) is 48.0 Å². The summed E-state index contributed by atoms with van der Waals surface area (Å²) in [5.74, 6) is 0.685. The van der Waals surface area contributed by atoms with Crippen LogP contribution in [0.25, 0.3) is 11.1 Å². The second-order valence-electron chi connectivity index (χ2n) is 6.76. The summed E-state index contributed by atoms with van der Waals surface area (Å²) in [6.07, 6.45) is 4.00. The van der Waals surface area contributed by atoms with E-state index < -0.39 is 0 Å². The van der Waals surface area contributed by atoms with Crippen molar-refractivity contribution < 1.29 is 0 Å². The molecule has 2 aliphatic carbocycles. The van der Waals surface area contributed by atoms with Crippen molar-refractivity contribution in [1.29, 1.82) is 0 Å². The lowest BCUT2D eigenvalue weighted by atomic mass is 10.0. The summed E-state index contributed by atoms with van der Waals surface area (Å²) in [4.78, 5) is 0. The third kappa shape index (κ3) is 3.95. The zero-order chi connectivity index (χ0) is 15.6. The van der Waals surface area contributed by atoms with Gasteiger partial charge in [0.05, 0.1) is 0 Å². The predicted octanol–water partition coefficient (Wildman–Crippen LogP) is 4.20. The molecule has 2 saturated carbocycles. The number of halogens is 1. The molecular formula is C20H23ClN2. The third-order valence-corrected chi connectivity index (χ3v) is 5.06.